The molecule has 0 spiro atoms. The van der Waals surface area contributed by atoms with E-state index in [0.29, 0.717) is 13.0 Å². The number of carbonyl (C=O) groups is 1. The first kappa shape index (κ1) is 47.1. The molecule has 6 unspecified atom stereocenters. The molecule has 4 N–H and O–H groups in total. The van der Waals surface area contributed by atoms with Crippen LogP contribution in [0.4, 0.5) is 0 Å². The van der Waals surface area contributed by atoms with E-state index in [2.05, 4.69) is 18.0 Å². The Hall–Kier alpha value is -0.900. The monoisotopic (exact) mass is 740 g/mol. The highest BCUT2D eigenvalue weighted by Gasteiger charge is 2.48. The zero-order valence-electron chi connectivity index (χ0n) is 31.2. The van der Waals surface area contributed by atoms with Crippen molar-refractivity contribution in [1.29, 1.82) is 0 Å². The highest BCUT2D eigenvalue weighted by atomic mass is 32.3. The molecule has 0 saturated carbocycles. The molecular weight excluding hydrogens is 668 g/mol. The molecule has 0 aromatic rings. The Morgan fingerprint density at radius 3 is 1.60 bits per heavy atom. The van der Waals surface area contributed by atoms with Crippen molar-refractivity contribution in [2.45, 2.75) is 205 Å². The lowest BCUT2D eigenvalue weighted by Crippen LogP contribution is -2.60. The first-order valence-corrected chi connectivity index (χ1v) is 21.2. The molecule has 1 rings (SSSR count). The number of aliphatic hydroxyl groups excluding tert-OH is 3. The van der Waals surface area contributed by atoms with Gasteiger partial charge in [-0.3, -0.25) is 9.35 Å². The topological polar surface area (TPSA) is 178 Å². The summed E-state index contributed by atoms with van der Waals surface area (Å²) < 4.78 is 58.6. The number of carbonyl (C=O) groups excluding carboxylic acids is 1. The minimum atomic E-state index is -5.05. The Labute approximate surface area is 303 Å². The van der Waals surface area contributed by atoms with Crippen molar-refractivity contribution in [2.24, 2.45) is 0 Å². The summed E-state index contributed by atoms with van der Waals surface area (Å²) in [7, 11) is -5.05. The molecule has 50 heavy (non-hydrogen) atoms. The third-order valence-corrected chi connectivity index (χ3v) is 9.69. The van der Waals surface area contributed by atoms with Gasteiger partial charge in [-0.25, -0.2) is 4.18 Å². The molecular formula is C37H72O12S. The number of hydrogen-bond acceptors (Lipinski definition) is 11. The van der Waals surface area contributed by atoms with Crippen molar-refractivity contribution >= 4 is 16.4 Å². The van der Waals surface area contributed by atoms with Crippen LogP contribution < -0.4 is 0 Å². The fourth-order valence-electron chi connectivity index (χ4n) is 6.20. The molecule has 1 aliphatic rings. The number of rotatable bonds is 34. The van der Waals surface area contributed by atoms with Crippen molar-refractivity contribution in [2.75, 3.05) is 26.4 Å². The molecule has 0 amide bonds. The average molecular weight is 741 g/mol. The molecule has 0 aliphatic carbocycles. The minimum absolute atomic E-state index is 0.0420. The summed E-state index contributed by atoms with van der Waals surface area (Å²) in [5, 5.41) is 30.5. The van der Waals surface area contributed by atoms with Crippen molar-refractivity contribution in [3.63, 3.8) is 0 Å². The van der Waals surface area contributed by atoms with Gasteiger partial charge in [0.15, 0.2) is 6.29 Å². The van der Waals surface area contributed by atoms with Crippen LogP contribution in [0.1, 0.15) is 168 Å². The highest BCUT2D eigenvalue weighted by Crippen LogP contribution is 2.26. The first-order chi connectivity index (χ1) is 24.1. The number of hydrogen-bond donors (Lipinski definition) is 4. The van der Waals surface area contributed by atoms with Gasteiger partial charge in [0.25, 0.3) is 0 Å². The molecule has 0 bridgehead atoms. The van der Waals surface area contributed by atoms with E-state index in [1.54, 1.807) is 0 Å². The van der Waals surface area contributed by atoms with Crippen LogP contribution in [-0.2, 0) is 38.3 Å². The van der Waals surface area contributed by atoms with Crippen LogP contribution >= 0.6 is 0 Å². The van der Waals surface area contributed by atoms with E-state index in [1.165, 1.54) is 103 Å². The number of esters is 1. The van der Waals surface area contributed by atoms with E-state index in [0.717, 1.165) is 38.5 Å². The third kappa shape index (κ3) is 24.4. The smallest absolute Gasteiger partial charge is 0.397 e. The Morgan fingerprint density at radius 1 is 0.680 bits per heavy atom. The molecule has 1 fully saturated rings. The van der Waals surface area contributed by atoms with Crippen molar-refractivity contribution < 1.29 is 56.2 Å². The van der Waals surface area contributed by atoms with Crippen molar-refractivity contribution in [1.82, 2.24) is 0 Å². The Kier molecular flexibility index (Phi) is 28.8. The van der Waals surface area contributed by atoms with E-state index in [-0.39, 0.29) is 19.6 Å². The van der Waals surface area contributed by atoms with Gasteiger partial charge in [-0.2, -0.15) is 8.42 Å². The summed E-state index contributed by atoms with van der Waals surface area (Å²) in [6.45, 7) is 3.95. The van der Waals surface area contributed by atoms with Crippen LogP contribution in [0.25, 0.3) is 0 Å². The molecule has 0 radical (unpaired) electrons. The lowest BCUT2D eigenvalue weighted by Gasteiger charge is -2.41. The van der Waals surface area contributed by atoms with Gasteiger partial charge in [0, 0.05) is 13.0 Å². The fraction of sp³-hybridized carbons (Fsp3) is 0.973. The molecule has 1 saturated heterocycles. The van der Waals surface area contributed by atoms with E-state index < -0.39 is 59.8 Å². The molecule has 6 atom stereocenters. The Bertz CT molecular complexity index is 905. The normalized spacial score (nSPS) is 21.8. The fourth-order valence-corrected chi connectivity index (χ4v) is 6.71. The summed E-state index contributed by atoms with van der Waals surface area (Å²) in [4.78, 5) is 12.7. The quantitative estimate of drug-likeness (QED) is 0.0303. The largest absolute Gasteiger partial charge is 0.457 e. The maximum Gasteiger partial charge on any atom is 0.397 e. The number of unbranched alkanes of at least 4 members (excludes halogenated alkanes) is 21. The standard InChI is InChI=1S/C37H72O12S/c1-3-5-7-9-11-12-13-14-15-16-17-18-19-20-22-24-26-33(39)47-31(29-45-27-25-23-21-10-8-6-4-2)30-46-37-35(41)36(49-50(42,43)44)34(40)32(28-38)48-37/h31-32,34-38,40-41H,3-30H2,1-2H3,(H,42,43,44). The van der Waals surface area contributed by atoms with Crippen molar-refractivity contribution in [3.8, 4) is 0 Å². The van der Waals surface area contributed by atoms with Crippen LogP contribution in [0, 0.1) is 0 Å². The Morgan fingerprint density at radius 2 is 1.14 bits per heavy atom. The predicted octanol–water partition coefficient (Wildman–Crippen LogP) is 6.96. The Balaban J connectivity index is 2.43. The maximum atomic E-state index is 12.7. The molecule has 12 nitrogen and oxygen atoms in total. The number of ether oxygens (including phenoxy) is 4. The van der Waals surface area contributed by atoms with Crippen LogP contribution in [0.15, 0.2) is 0 Å². The molecule has 0 aromatic carbocycles. The predicted molar refractivity (Wildman–Crippen MR) is 193 cm³/mol. The summed E-state index contributed by atoms with van der Waals surface area (Å²) >= 11 is 0. The second-order valence-electron chi connectivity index (χ2n) is 13.9. The number of aliphatic hydroxyl groups is 3. The average Bonchev–Trinajstić information content (AvgIpc) is 3.08. The second kappa shape index (κ2) is 30.6. The van der Waals surface area contributed by atoms with Gasteiger partial charge in [0.05, 0.1) is 19.8 Å². The molecule has 13 heteroatoms. The summed E-state index contributed by atoms with van der Waals surface area (Å²) in [5.74, 6) is -0.398. The minimum Gasteiger partial charge on any atom is -0.457 e. The molecule has 0 aromatic heterocycles. The van der Waals surface area contributed by atoms with Crippen molar-refractivity contribution in [3.05, 3.63) is 0 Å². The van der Waals surface area contributed by atoms with E-state index >= 15 is 0 Å². The second-order valence-corrected chi connectivity index (χ2v) is 14.9. The van der Waals surface area contributed by atoms with Gasteiger partial charge in [-0.15, -0.1) is 0 Å². The zero-order valence-corrected chi connectivity index (χ0v) is 32.0. The van der Waals surface area contributed by atoms with E-state index in [9.17, 15) is 28.5 Å². The van der Waals surface area contributed by atoms with Crippen LogP contribution in [0.3, 0.4) is 0 Å². The highest BCUT2D eigenvalue weighted by molar-refractivity contribution is 7.80. The molecule has 1 aliphatic heterocycles. The van der Waals surface area contributed by atoms with Gasteiger partial charge in [-0.05, 0) is 12.8 Å². The van der Waals surface area contributed by atoms with E-state index in [1.807, 2.05) is 0 Å². The third-order valence-electron chi connectivity index (χ3n) is 9.23. The maximum absolute atomic E-state index is 12.7. The SMILES string of the molecule is CCCCCCCCCCCCCCCCCCC(=O)OC(COCCCCCCCCC)COC1OC(CO)C(O)C(OS(=O)(=O)O)C1O. The van der Waals surface area contributed by atoms with Gasteiger partial charge in [0.1, 0.15) is 30.5 Å². The molecule has 298 valence electrons. The molecule has 1 heterocycles. The lowest BCUT2D eigenvalue weighted by molar-refractivity contribution is -0.301. The van der Waals surface area contributed by atoms with Crippen LogP contribution in [0.5, 0.6) is 0 Å². The van der Waals surface area contributed by atoms with Gasteiger partial charge < -0.3 is 34.3 Å². The van der Waals surface area contributed by atoms with Crippen LogP contribution in [0.2, 0.25) is 0 Å². The van der Waals surface area contributed by atoms with Gasteiger partial charge in [0.2, 0.25) is 0 Å². The van der Waals surface area contributed by atoms with Gasteiger partial charge in [-0.1, -0.05) is 149 Å². The zero-order chi connectivity index (χ0) is 36.9. The lowest BCUT2D eigenvalue weighted by atomic mass is 9.99. The summed E-state index contributed by atoms with van der Waals surface area (Å²) in [5.41, 5.74) is 0. The van der Waals surface area contributed by atoms with E-state index in [4.69, 9.17) is 23.5 Å². The van der Waals surface area contributed by atoms with Crippen LogP contribution in [-0.4, -0.2) is 97.5 Å². The first-order valence-electron chi connectivity index (χ1n) is 19.8. The van der Waals surface area contributed by atoms with Gasteiger partial charge >= 0.3 is 16.4 Å². The summed E-state index contributed by atoms with van der Waals surface area (Å²) in [6.07, 6.45) is 18.8. The summed E-state index contributed by atoms with van der Waals surface area (Å²) in [6, 6.07) is 0.